The topological polar surface area (TPSA) is 51.8 Å². The summed E-state index contributed by atoms with van der Waals surface area (Å²) < 4.78 is 18.7. The smallest absolute Gasteiger partial charge is 0.249 e. The van der Waals surface area contributed by atoms with Crippen molar-refractivity contribution in [2.45, 2.75) is 0 Å². The molecular formula is C17H10FN3OS. The molecule has 4 aromatic rings. The monoisotopic (exact) mass is 323 g/mol. The van der Waals surface area contributed by atoms with Crippen LogP contribution in [-0.2, 0) is 0 Å². The predicted molar refractivity (Wildman–Crippen MR) is 86.2 cm³/mol. The van der Waals surface area contributed by atoms with E-state index in [1.807, 2.05) is 23.6 Å². The first-order valence-electron chi connectivity index (χ1n) is 6.88. The van der Waals surface area contributed by atoms with Crippen LogP contribution in [0.5, 0.6) is 0 Å². The normalized spacial score (nSPS) is 10.8. The molecule has 0 amide bonds. The summed E-state index contributed by atoms with van der Waals surface area (Å²) in [5.74, 6) is 0.429. The van der Waals surface area contributed by atoms with Crippen LogP contribution in [0.25, 0.3) is 33.3 Å². The molecule has 0 saturated heterocycles. The van der Waals surface area contributed by atoms with E-state index in [4.69, 9.17) is 4.42 Å². The van der Waals surface area contributed by atoms with Crippen LogP contribution in [0.15, 0.2) is 64.7 Å². The summed E-state index contributed by atoms with van der Waals surface area (Å²) in [7, 11) is 0. The van der Waals surface area contributed by atoms with Gasteiger partial charge in [0.25, 0.3) is 0 Å². The molecular weight excluding hydrogens is 313 g/mol. The second kappa shape index (κ2) is 5.73. The summed E-state index contributed by atoms with van der Waals surface area (Å²) in [5, 5.41) is 10.1. The van der Waals surface area contributed by atoms with Crippen molar-refractivity contribution in [2.24, 2.45) is 0 Å². The molecule has 0 fully saturated rings. The molecule has 4 nitrogen and oxygen atoms in total. The predicted octanol–water partition coefficient (Wildman–Crippen LogP) is 4.67. The van der Waals surface area contributed by atoms with Crippen LogP contribution >= 0.6 is 11.3 Å². The highest BCUT2D eigenvalue weighted by Gasteiger charge is 2.12. The van der Waals surface area contributed by atoms with Gasteiger partial charge in [-0.3, -0.25) is 4.98 Å². The Balaban J connectivity index is 1.69. The molecule has 0 aliphatic heterocycles. The third-order valence-electron chi connectivity index (χ3n) is 3.31. The maximum Gasteiger partial charge on any atom is 0.249 e. The first kappa shape index (κ1) is 13.8. The minimum absolute atomic E-state index is 0.304. The van der Waals surface area contributed by atoms with Gasteiger partial charge in [0.1, 0.15) is 5.82 Å². The van der Waals surface area contributed by atoms with E-state index < -0.39 is 0 Å². The van der Waals surface area contributed by atoms with Crippen molar-refractivity contribution in [1.82, 2.24) is 15.2 Å². The Hall–Kier alpha value is -2.86. The quantitative estimate of drug-likeness (QED) is 0.550. The molecule has 0 aliphatic rings. The van der Waals surface area contributed by atoms with Crippen LogP contribution in [0.2, 0.25) is 0 Å². The molecule has 1 aromatic carbocycles. The third kappa shape index (κ3) is 2.76. The Morgan fingerprint density at radius 2 is 1.61 bits per heavy atom. The van der Waals surface area contributed by atoms with E-state index in [0.29, 0.717) is 17.3 Å². The zero-order valence-electron chi connectivity index (χ0n) is 11.8. The van der Waals surface area contributed by atoms with Crippen molar-refractivity contribution in [3.05, 3.63) is 66.1 Å². The minimum atomic E-state index is -0.304. The average molecular weight is 323 g/mol. The lowest BCUT2D eigenvalue weighted by atomic mass is 10.2. The van der Waals surface area contributed by atoms with E-state index >= 15 is 0 Å². The molecule has 3 heterocycles. The van der Waals surface area contributed by atoms with E-state index in [2.05, 4.69) is 15.2 Å². The Kier molecular flexibility index (Phi) is 3.44. The number of aromatic nitrogens is 3. The summed E-state index contributed by atoms with van der Waals surface area (Å²) in [6.45, 7) is 0. The number of benzene rings is 1. The van der Waals surface area contributed by atoms with Gasteiger partial charge in [0.2, 0.25) is 11.8 Å². The Morgan fingerprint density at radius 3 is 2.35 bits per heavy atom. The highest BCUT2D eigenvalue weighted by molar-refractivity contribution is 7.13. The Morgan fingerprint density at radius 1 is 0.870 bits per heavy atom. The number of thiophene rings is 1. The summed E-state index contributed by atoms with van der Waals surface area (Å²) >= 11 is 1.64. The second-order valence-corrected chi connectivity index (χ2v) is 5.81. The number of rotatable bonds is 3. The van der Waals surface area contributed by atoms with Gasteiger partial charge in [-0.2, -0.15) is 0 Å². The Bertz CT molecular complexity index is 933. The van der Waals surface area contributed by atoms with E-state index in [-0.39, 0.29) is 5.82 Å². The van der Waals surface area contributed by atoms with E-state index in [9.17, 15) is 4.39 Å². The van der Waals surface area contributed by atoms with Crippen LogP contribution in [-0.4, -0.2) is 15.2 Å². The molecule has 112 valence electrons. The van der Waals surface area contributed by atoms with Crippen LogP contribution in [0.1, 0.15) is 0 Å². The van der Waals surface area contributed by atoms with Gasteiger partial charge in [0.15, 0.2) is 0 Å². The molecule has 3 aromatic heterocycles. The van der Waals surface area contributed by atoms with Crippen LogP contribution < -0.4 is 0 Å². The van der Waals surface area contributed by atoms with Crippen LogP contribution in [0.4, 0.5) is 4.39 Å². The van der Waals surface area contributed by atoms with Crippen molar-refractivity contribution in [3.63, 3.8) is 0 Å². The summed E-state index contributed by atoms with van der Waals surface area (Å²) in [5.41, 5.74) is 2.42. The lowest BCUT2D eigenvalue weighted by Gasteiger charge is -1.99. The summed E-state index contributed by atoms with van der Waals surface area (Å²) in [6.07, 6.45) is 3.48. The van der Waals surface area contributed by atoms with Crippen LogP contribution in [0.3, 0.4) is 0 Å². The van der Waals surface area contributed by atoms with Gasteiger partial charge in [0, 0.05) is 28.4 Å². The standard InChI is InChI=1S/C17H10FN3OS/c18-14-5-3-11(4-6-14)16-20-21-17(22-16)13-8-12(9-19-10-13)15-2-1-7-23-15/h1-10H. The van der Waals surface area contributed by atoms with Crippen molar-refractivity contribution < 1.29 is 8.81 Å². The van der Waals surface area contributed by atoms with Crippen molar-refractivity contribution in [2.75, 3.05) is 0 Å². The molecule has 0 bridgehead atoms. The first-order chi connectivity index (χ1) is 11.3. The molecule has 6 heteroatoms. The molecule has 23 heavy (non-hydrogen) atoms. The zero-order chi connectivity index (χ0) is 15.6. The van der Waals surface area contributed by atoms with Crippen molar-refractivity contribution in [1.29, 1.82) is 0 Å². The number of nitrogens with zero attached hydrogens (tertiary/aromatic N) is 3. The SMILES string of the molecule is Fc1ccc(-c2nnc(-c3cncc(-c4cccs4)c3)o2)cc1. The third-order valence-corrected chi connectivity index (χ3v) is 4.23. The number of halogens is 1. The average Bonchev–Trinajstić information content (AvgIpc) is 3.28. The molecule has 4 rings (SSSR count). The summed E-state index contributed by atoms with van der Waals surface area (Å²) in [4.78, 5) is 5.36. The number of hydrogen-bond acceptors (Lipinski definition) is 5. The van der Waals surface area contributed by atoms with Gasteiger partial charge in [-0.1, -0.05) is 6.07 Å². The van der Waals surface area contributed by atoms with Crippen molar-refractivity contribution in [3.8, 4) is 33.3 Å². The minimum Gasteiger partial charge on any atom is -0.416 e. The van der Waals surface area contributed by atoms with Crippen molar-refractivity contribution >= 4 is 11.3 Å². The fourth-order valence-corrected chi connectivity index (χ4v) is 2.89. The van der Waals surface area contributed by atoms with Gasteiger partial charge in [-0.05, 0) is 41.8 Å². The molecule has 0 N–H and O–H groups in total. The van der Waals surface area contributed by atoms with Gasteiger partial charge in [-0.15, -0.1) is 21.5 Å². The van der Waals surface area contributed by atoms with Crippen LogP contribution in [0, 0.1) is 5.82 Å². The lowest BCUT2D eigenvalue weighted by Crippen LogP contribution is -1.82. The molecule has 0 aliphatic carbocycles. The number of hydrogen-bond donors (Lipinski definition) is 0. The van der Waals surface area contributed by atoms with Gasteiger partial charge in [-0.25, -0.2) is 4.39 Å². The Labute approximate surface area is 135 Å². The van der Waals surface area contributed by atoms with Gasteiger partial charge < -0.3 is 4.42 Å². The van der Waals surface area contributed by atoms with E-state index in [0.717, 1.165) is 16.0 Å². The van der Waals surface area contributed by atoms with Gasteiger partial charge in [0.05, 0.1) is 5.56 Å². The van der Waals surface area contributed by atoms with Gasteiger partial charge >= 0.3 is 0 Å². The zero-order valence-corrected chi connectivity index (χ0v) is 12.6. The fourth-order valence-electron chi connectivity index (χ4n) is 2.18. The molecule has 0 unspecified atom stereocenters. The molecule has 0 spiro atoms. The molecule has 0 radical (unpaired) electrons. The largest absolute Gasteiger partial charge is 0.416 e. The fraction of sp³-hybridized carbons (Fsp3) is 0. The number of pyridine rings is 1. The maximum atomic E-state index is 13.0. The maximum absolute atomic E-state index is 13.0. The second-order valence-electron chi connectivity index (χ2n) is 4.86. The van der Waals surface area contributed by atoms with E-state index in [1.165, 1.54) is 12.1 Å². The van der Waals surface area contributed by atoms with E-state index in [1.54, 1.807) is 35.9 Å². The summed E-state index contributed by atoms with van der Waals surface area (Å²) in [6, 6.07) is 11.9. The molecule has 0 atom stereocenters. The lowest BCUT2D eigenvalue weighted by molar-refractivity contribution is 0.583. The highest BCUT2D eigenvalue weighted by atomic mass is 32.1. The first-order valence-corrected chi connectivity index (χ1v) is 7.76. The highest BCUT2D eigenvalue weighted by Crippen LogP contribution is 2.29. The molecule has 0 saturated carbocycles.